The van der Waals surface area contributed by atoms with Crippen LogP contribution in [0.25, 0.3) is 17.1 Å². The van der Waals surface area contributed by atoms with E-state index >= 15 is 0 Å². The van der Waals surface area contributed by atoms with E-state index in [0.717, 1.165) is 42.0 Å². The largest absolute Gasteiger partial charge is 0.462 e. The number of hydrogen-bond donors (Lipinski definition) is 0. The Morgan fingerprint density at radius 1 is 1.27 bits per heavy atom. The summed E-state index contributed by atoms with van der Waals surface area (Å²) < 4.78 is 7.65. The van der Waals surface area contributed by atoms with Crippen LogP contribution in [0.4, 0.5) is 0 Å². The first-order valence-electron chi connectivity index (χ1n) is 9.06. The fourth-order valence-electron chi connectivity index (χ4n) is 3.72. The maximum atomic E-state index is 12.6. The van der Waals surface area contributed by atoms with Crippen LogP contribution in [-0.2, 0) is 11.8 Å². The molecule has 1 saturated heterocycles. The van der Waals surface area contributed by atoms with E-state index in [0.29, 0.717) is 12.3 Å². The third kappa shape index (κ3) is 3.17. The van der Waals surface area contributed by atoms with E-state index < -0.39 is 0 Å². The SMILES string of the molecule is Cc1ccc(/C=C/C(=O)N2CCCC(c3nc4ccccc4n3C)C2)o1. The van der Waals surface area contributed by atoms with E-state index in [2.05, 4.69) is 17.7 Å². The summed E-state index contributed by atoms with van der Waals surface area (Å²) in [6.07, 6.45) is 5.40. The van der Waals surface area contributed by atoms with Gasteiger partial charge >= 0.3 is 0 Å². The molecule has 1 atom stereocenters. The fraction of sp³-hybridized carbons (Fsp3) is 0.333. The van der Waals surface area contributed by atoms with Gasteiger partial charge in [0.25, 0.3) is 0 Å². The molecule has 1 fully saturated rings. The van der Waals surface area contributed by atoms with Crippen molar-refractivity contribution in [1.29, 1.82) is 0 Å². The van der Waals surface area contributed by atoms with Crippen molar-refractivity contribution in [3.8, 4) is 0 Å². The number of aromatic nitrogens is 2. The summed E-state index contributed by atoms with van der Waals surface area (Å²) in [4.78, 5) is 19.3. The van der Waals surface area contributed by atoms with Gasteiger partial charge in [0, 0.05) is 32.1 Å². The molecular formula is C21H23N3O2. The number of piperidine rings is 1. The van der Waals surface area contributed by atoms with Gasteiger partial charge < -0.3 is 13.9 Å². The molecule has 1 amide bonds. The Labute approximate surface area is 152 Å². The summed E-state index contributed by atoms with van der Waals surface area (Å²) in [5.74, 6) is 2.91. The van der Waals surface area contributed by atoms with Crippen LogP contribution < -0.4 is 0 Å². The Balaban J connectivity index is 1.50. The molecule has 0 spiro atoms. The lowest BCUT2D eigenvalue weighted by Gasteiger charge is -2.31. The standard InChI is InChI=1S/C21H23N3O2/c1-15-9-10-17(26-15)11-12-20(25)24-13-5-6-16(14-24)21-22-18-7-3-4-8-19(18)23(21)2/h3-4,7-12,16H,5-6,13-14H2,1-2H3/b12-11+. The van der Waals surface area contributed by atoms with Gasteiger partial charge in [-0.15, -0.1) is 0 Å². The highest BCUT2D eigenvalue weighted by atomic mass is 16.3. The molecule has 4 rings (SSSR count). The number of carbonyl (C=O) groups excluding carboxylic acids is 1. The van der Waals surface area contributed by atoms with Crippen molar-refractivity contribution < 1.29 is 9.21 Å². The van der Waals surface area contributed by atoms with Crippen molar-refractivity contribution >= 4 is 23.0 Å². The van der Waals surface area contributed by atoms with E-state index in [4.69, 9.17) is 9.40 Å². The summed E-state index contributed by atoms with van der Waals surface area (Å²) >= 11 is 0. The highest BCUT2D eigenvalue weighted by molar-refractivity contribution is 5.91. The zero-order valence-electron chi connectivity index (χ0n) is 15.2. The van der Waals surface area contributed by atoms with Crippen LogP contribution in [0.3, 0.4) is 0 Å². The summed E-state index contributed by atoms with van der Waals surface area (Å²) in [7, 11) is 2.06. The topological polar surface area (TPSA) is 51.3 Å². The predicted molar refractivity (Wildman–Crippen MR) is 102 cm³/mol. The van der Waals surface area contributed by atoms with Crippen LogP contribution in [0, 0.1) is 6.92 Å². The lowest BCUT2D eigenvalue weighted by atomic mass is 9.97. The maximum Gasteiger partial charge on any atom is 0.246 e. The third-order valence-corrected chi connectivity index (χ3v) is 5.07. The number of aryl methyl sites for hydroxylation is 2. The molecule has 0 radical (unpaired) electrons. The van der Waals surface area contributed by atoms with Crippen molar-refractivity contribution in [3.05, 3.63) is 59.8 Å². The van der Waals surface area contributed by atoms with Crippen LogP contribution >= 0.6 is 0 Å². The fourth-order valence-corrected chi connectivity index (χ4v) is 3.72. The lowest BCUT2D eigenvalue weighted by molar-refractivity contribution is -0.127. The molecule has 134 valence electrons. The van der Waals surface area contributed by atoms with E-state index in [1.54, 1.807) is 12.2 Å². The molecule has 1 unspecified atom stereocenters. The molecule has 26 heavy (non-hydrogen) atoms. The zero-order chi connectivity index (χ0) is 18.1. The van der Waals surface area contributed by atoms with Crippen molar-refractivity contribution in [2.75, 3.05) is 13.1 Å². The highest BCUT2D eigenvalue weighted by Gasteiger charge is 2.27. The molecular weight excluding hydrogens is 326 g/mol. The Hall–Kier alpha value is -2.82. The second kappa shape index (κ2) is 6.83. The molecule has 2 aromatic heterocycles. The Kier molecular flexibility index (Phi) is 4.37. The van der Waals surface area contributed by atoms with E-state index in [9.17, 15) is 4.79 Å². The molecule has 5 heteroatoms. The molecule has 0 bridgehead atoms. The van der Waals surface area contributed by atoms with Crippen LogP contribution in [-0.4, -0.2) is 33.4 Å². The Morgan fingerprint density at radius 3 is 2.88 bits per heavy atom. The van der Waals surface area contributed by atoms with Gasteiger partial charge in [-0.05, 0) is 50.1 Å². The maximum absolute atomic E-state index is 12.6. The van der Waals surface area contributed by atoms with Gasteiger partial charge in [-0.3, -0.25) is 4.79 Å². The first-order valence-corrected chi connectivity index (χ1v) is 9.06. The van der Waals surface area contributed by atoms with Gasteiger partial charge in [-0.1, -0.05) is 12.1 Å². The summed E-state index contributed by atoms with van der Waals surface area (Å²) in [5.41, 5.74) is 2.15. The molecule has 1 aromatic carbocycles. The normalized spacial score (nSPS) is 18.1. The molecule has 0 aliphatic carbocycles. The van der Waals surface area contributed by atoms with Gasteiger partial charge in [0.2, 0.25) is 5.91 Å². The minimum absolute atomic E-state index is 0.0301. The number of rotatable bonds is 3. The van der Waals surface area contributed by atoms with Crippen molar-refractivity contribution in [2.45, 2.75) is 25.7 Å². The molecule has 1 aliphatic rings. The van der Waals surface area contributed by atoms with Gasteiger partial charge in [0.15, 0.2) is 0 Å². The average Bonchev–Trinajstić information content (AvgIpc) is 3.23. The number of likely N-dealkylation sites (tertiary alicyclic amines) is 1. The van der Waals surface area contributed by atoms with E-state index in [1.807, 2.05) is 42.2 Å². The minimum Gasteiger partial charge on any atom is -0.462 e. The summed E-state index contributed by atoms with van der Waals surface area (Å²) in [6, 6.07) is 11.9. The van der Waals surface area contributed by atoms with Gasteiger partial charge in [0.05, 0.1) is 11.0 Å². The Morgan fingerprint density at radius 2 is 2.12 bits per heavy atom. The number of imidazole rings is 1. The van der Waals surface area contributed by atoms with Gasteiger partial charge in [-0.2, -0.15) is 0 Å². The van der Waals surface area contributed by atoms with Crippen LogP contribution in [0.15, 0.2) is 46.9 Å². The molecule has 0 N–H and O–H groups in total. The molecule has 0 saturated carbocycles. The molecule has 3 heterocycles. The number of carbonyl (C=O) groups is 1. The van der Waals surface area contributed by atoms with E-state index in [1.165, 1.54) is 0 Å². The second-order valence-corrected chi connectivity index (χ2v) is 6.92. The van der Waals surface area contributed by atoms with Crippen LogP contribution in [0.5, 0.6) is 0 Å². The van der Waals surface area contributed by atoms with Crippen molar-refractivity contribution in [3.63, 3.8) is 0 Å². The molecule has 5 nitrogen and oxygen atoms in total. The van der Waals surface area contributed by atoms with E-state index in [-0.39, 0.29) is 11.8 Å². The first kappa shape index (κ1) is 16.6. The molecule has 1 aliphatic heterocycles. The number of nitrogens with zero attached hydrogens (tertiary/aromatic N) is 3. The van der Waals surface area contributed by atoms with Crippen LogP contribution in [0.1, 0.15) is 36.1 Å². The first-order chi connectivity index (χ1) is 12.6. The predicted octanol–water partition coefficient (Wildman–Crippen LogP) is 3.89. The monoisotopic (exact) mass is 349 g/mol. The number of benzene rings is 1. The average molecular weight is 349 g/mol. The third-order valence-electron chi connectivity index (χ3n) is 5.07. The molecule has 3 aromatic rings. The van der Waals surface area contributed by atoms with Crippen molar-refractivity contribution in [1.82, 2.24) is 14.5 Å². The zero-order valence-corrected chi connectivity index (χ0v) is 15.2. The Bertz CT molecular complexity index is 967. The number of fused-ring (bicyclic) bond motifs is 1. The number of hydrogen-bond acceptors (Lipinski definition) is 3. The number of para-hydroxylation sites is 2. The smallest absolute Gasteiger partial charge is 0.246 e. The van der Waals surface area contributed by atoms with Crippen molar-refractivity contribution in [2.24, 2.45) is 7.05 Å². The quantitative estimate of drug-likeness (QED) is 0.674. The number of amides is 1. The number of furan rings is 1. The second-order valence-electron chi connectivity index (χ2n) is 6.92. The summed E-state index contributed by atoms with van der Waals surface area (Å²) in [5, 5.41) is 0. The van der Waals surface area contributed by atoms with Gasteiger partial charge in [-0.25, -0.2) is 4.98 Å². The van der Waals surface area contributed by atoms with Crippen LogP contribution in [0.2, 0.25) is 0 Å². The lowest BCUT2D eigenvalue weighted by Crippen LogP contribution is -2.38. The minimum atomic E-state index is 0.0301. The highest BCUT2D eigenvalue weighted by Crippen LogP contribution is 2.28. The van der Waals surface area contributed by atoms with Gasteiger partial charge in [0.1, 0.15) is 17.3 Å². The summed E-state index contributed by atoms with van der Waals surface area (Å²) in [6.45, 7) is 3.39.